The molecule has 0 saturated carbocycles. The number of imidazole rings is 2. The minimum Gasteiger partial charge on any atom is -0.394 e. The van der Waals surface area contributed by atoms with E-state index in [4.69, 9.17) is 18.5 Å². The molecule has 0 bridgehead atoms. The molecule has 2 saturated heterocycles. The van der Waals surface area contributed by atoms with Crippen LogP contribution in [0.4, 0.5) is 20.4 Å². The second-order valence-electron chi connectivity index (χ2n) is 10.3. The molecule has 10 atom stereocenters. The number of hydrogen-bond donors (Lipinski definition) is 6. The highest BCUT2D eigenvalue weighted by Crippen LogP contribution is 2.42. The summed E-state index contributed by atoms with van der Waals surface area (Å²) in [6, 6.07) is 0. The Morgan fingerprint density at radius 1 is 0.771 bits per heavy atom. The van der Waals surface area contributed by atoms with Crippen LogP contribution in [0.5, 0.6) is 0 Å². The van der Waals surface area contributed by atoms with Crippen LogP contribution in [0.1, 0.15) is 12.5 Å². The van der Waals surface area contributed by atoms with Gasteiger partial charge in [0.25, 0.3) is 0 Å². The standard InChI is InChI=1S/C24H26F2N10O8P2S2/c25-13-17(43-45(39)47)11(5-37)41-23(13)35-9-33-15-19(29-7-31-21(15)35)27-3-1-2-4-28-20-16-22(32-8-30-20)36(10-34-16)24-14(26)18(44-46(40)48)12(6-38)42-24/h1-2,7-14,17-18,23-24,37-38H,3-6H2,(H2-2,27,28,29,30,31,32,39,40,47,48)/p+2/b2-1+/t11-,12?,13-,14-,17-,18?,23-,24-/m1/s1. The first-order valence-corrected chi connectivity index (χ1v) is 18.8. The van der Waals surface area contributed by atoms with Crippen molar-refractivity contribution in [3.63, 3.8) is 0 Å². The van der Waals surface area contributed by atoms with Crippen molar-refractivity contribution in [3.8, 4) is 0 Å². The van der Waals surface area contributed by atoms with E-state index in [0.717, 1.165) is 0 Å². The molecular formula is C24H28F2N10O8P2S2+2. The first kappa shape index (κ1) is 34.8. The largest absolute Gasteiger partial charge is 0.582 e. The number of thiol groups is 2. The molecule has 0 amide bonds. The molecular weight excluding hydrogens is 720 g/mol. The molecule has 6 heterocycles. The van der Waals surface area contributed by atoms with Crippen LogP contribution in [0.2, 0.25) is 0 Å². The van der Waals surface area contributed by atoms with E-state index in [1.165, 1.54) is 34.4 Å². The topological polar surface area (TPSA) is 223 Å². The van der Waals surface area contributed by atoms with Crippen LogP contribution in [-0.4, -0.2) is 112 Å². The maximum absolute atomic E-state index is 15.2. The Kier molecular flexibility index (Phi) is 11.1. The molecule has 0 aliphatic carbocycles. The molecule has 0 aromatic carbocycles. The summed E-state index contributed by atoms with van der Waals surface area (Å²) in [6.07, 6.45) is -1.96. The Hall–Kier alpha value is -3.04. The van der Waals surface area contributed by atoms with Gasteiger partial charge in [0.05, 0.1) is 25.9 Å². The zero-order chi connectivity index (χ0) is 33.9. The Morgan fingerprint density at radius 3 is 1.56 bits per heavy atom. The lowest BCUT2D eigenvalue weighted by Gasteiger charge is -2.15. The van der Waals surface area contributed by atoms with Gasteiger partial charge in [0.1, 0.15) is 49.4 Å². The summed E-state index contributed by atoms with van der Waals surface area (Å²) in [6.45, 7) is -0.472. The summed E-state index contributed by atoms with van der Waals surface area (Å²) < 4.78 is 77.4. The van der Waals surface area contributed by atoms with Crippen molar-refractivity contribution >= 4 is 72.9 Å². The summed E-state index contributed by atoms with van der Waals surface area (Å²) >= 11 is 7.35. The SMILES string of the molecule is O=[P+](S)OC1C(CO)O[C@@H](n2cnc3c(NC/C=C/CNc4ncnc5c4ncn5[C@@H]4O[C@H](CO)[C@@H](O[P+](=O)S)[C@H]4F)ncnc32)[C@@H]1F. The molecule has 24 heteroatoms. The van der Waals surface area contributed by atoms with Crippen LogP contribution in [0.25, 0.3) is 22.3 Å². The van der Waals surface area contributed by atoms with Gasteiger partial charge >= 0.3 is 14.5 Å². The quantitative estimate of drug-likeness (QED) is 0.0619. The van der Waals surface area contributed by atoms with E-state index < -0.39 is 76.9 Å². The average Bonchev–Trinajstić information content (AvgIpc) is 3.83. The molecule has 4 unspecified atom stereocenters. The van der Waals surface area contributed by atoms with E-state index in [2.05, 4.69) is 65.0 Å². The van der Waals surface area contributed by atoms with E-state index in [9.17, 15) is 19.3 Å². The molecule has 2 fully saturated rings. The van der Waals surface area contributed by atoms with Crippen LogP contribution in [0, 0.1) is 0 Å². The Morgan fingerprint density at radius 2 is 1.19 bits per heavy atom. The fourth-order valence-corrected chi connectivity index (χ4v) is 6.98. The molecule has 2 aliphatic heterocycles. The van der Waals surface area contributed by atoms with Gasteiger partial charge in [-0.1, -0.05) is 12.2 Å². The molecule has 2 aliphatic rings. The smallest absolute Gasteiger partial charge is 0.394 e. The molecule has 0 radical (unpaired) electrons. The number of nitrogens with zero attached hydrogens (tertiary/aromatic N) is 8. The van der Waals surface area contributed by atoms with Gasteiger partial charge in [0, 0.05) is 13.1 Å². The normalized spacial score (nSPS) is 28.1. The summed E-state index contributed by atoms with van der Waals surface area (Å²) in [5, 5.41) is 25.4. The zero-order valence-electron chi connectivity index (χ0n) is 24.4. The molecule has 6 rings (SSSR count). The Balaban J connectivity index is 1.07. The maximum Gasteiger partial charge on any atom is 0.582 e. The lowest BCUT2D eigenvalue weighted by Crippen LogP contribution is -2.31. The van der Waals surface area contributed by atoms with Crippen LogP contribution >= 0.6 is 39.0 Å². The van der Waals surface area contributed by atoms with Crippen molar-refractivity contribution in [2.24, 2.45) is 0 Å². The third-order valence-electron chi connectivity index (χ3n) is 7.52. The molecule has 0 spiro atoms. The van der Waals surface area contributed by atoms with Gasteiger partial charge in [-0.3, -0.25) is 9.13 Å². The minimum atomic E-state index is -2.43. The van der Waals surface area contributed by atoms with Gasteiger partial charge in [-0.2, -0.15) is 0 Å². The van der Waals surface area contributed by atoms with Crippen molar-refractivity contribution in [1.82, 2.24) is 39.0 Å². The second-order valence-corrected chi connectivity index (χ2v) is 13.7. The van der Waals surface area contributed by atoms with E-state index in [0.29, 0.717) is 35.8 Å². The predicted molar refractivity (Wildman–Crippen MR) is 171 cm³/mol. The lowest BCUT2D eigenvalue weighted by atomic mass is 10.1. The molecule has 48 heavy (non-hydrogen) atoms. The van der Waals surface area contributed by atoms with E-state index in [1.807, 2.05) is 0 Å². The fraction of sp³-hybridized carbons (Fsp3) is 0.500. The first-order valence-electron chi connectivity index (χ1n) is 14.2. The van der Waals surface area contributed by atoms with Crippen molar-refractivity contribution in [1.29, 1.82) is 0 Å². The molecule has 4 aromatic heterocycles. The van der Waals surface area contributed by atoms with Gasteiger partial charge in [0.15, 0.2) is 71.0 Å². The third-order valence-corrected chi connectivity index (χ3v) is 8.94. The highest BCUT2D eigenvalue weighted by Gasteiger charge is 2.52. The number of hydrogen-bond acceptors (Lipinski definition) is 16. The van der Waals surface area contributed by atoms with E-state index in [1.54, 1.807) is 12.2 Å². The first-order chi connectivity index (χ1) is 23.2. The minimum absolute atomic E-state index is 0.264. The van der Waals surface area contributed by atoms with Crippen LogP contribution in [0.3, 0.4) is 0 Å². The van der Waals surface area contributed by atoms with Crippen molar-refractivity contribution in [2.45, 2.75) is 49.2 Å². The summed E-state index contributed by atoms with van der Waals surface area (Å²) in [4.78, 5) is 25.5. The number of ether oxygens (including phenoxy) is 2. The second kappa shape index (κ2) is 15.2. The number of alkyl halides is 2. The zero-order valence-corrected chi connectivity index (χ0v) is 28.0. The van der Waals surface area contributed by atoms with E-state index in [-0.39, 0.29) is 11.3 Å². The Labute approximate surface area is 281 Å². The van der Waals surface area contributed by atoms with Gasteiger partial charge < -0.3 is 30.3 Å². The van der Waals surface area contributed by atoms with Crippen molar-refractivity contribution in [2.75, 3.05) is 36.9 Å². The maximum atomic E-state index is 15.2. The van der Waals surface area contributed by atoms with Crippen molar-refractivity contribution in [3.05, 3.63) is 37.5 Å². The monoisotopic (exact) mass is 748 g/mol. The summed E-state index contributed by atoms with van der Waals surface area (Å²) in [5.41, 5.74) is 1.21. The number of anilines is 2. The fourth-order valence-electron chi connectivity index (χ4n) is 5.40. The number of nitrogens with one attached hydrogen (secondary N) is 2. The van der Waals surface area contributed by atoms with Gasteiger partial charge in [-0.05, 0) is 9.13 Å². The van der Waals surface area contributed by atoms with Gasteiger partial charge in [-0.15, -0.1) is 9.05 Å². The number of aromatic nitrogens is 8. The third kappa shape index (κ3) is 7.00. The number of fused-ring (bicyclic) bond motifs is 2. The number of aliphatic hydroxyl groups is 2. The number of halogens is 2. The average molecular weight is 749 g/mol. The van der Waals surface area contributed by atoms with Crippen molar-refractivity contribution < 1.29 is 46.6 Å². The van der Waals surface area contributed by atoms with Crippen LogP contribution in [-0.2, 0) is 27.7 Å². The molecule has 4 aromatic rings. The number of aliphatic hydroxyl groups excluding tert-OH is 2. The Bertz CT molecular complexity index is 1700. The summed E-state index contributed by atoms with van der Waals surface area (Å²) in [5.74, 6) is 0.741. The molecule has 256 valence electrons. The summed E-state index contributed by atoms with van der Waals surface area (Å²) in [7, 11) is -4.87. The van der Waals surface area contributed by atoms with Gasteiger partial charge in [0.2, 0.25) is 0 Å². The van der Waals surface area contributed by atoms with E-state index >= 15 is 8.78 Å². The molecule has 4 N–H and O–H groups in total. The lowest BCUT2D eigenvalue weighted by molar-refractivity contribution is -0.0427. The highest BCUT2D eigenvalue weighted by molar-refractivity contribution is 8.39. The van der Waals surface area contributed by atoms with Crippen LogP contribution in [0.15, 0.2) is 37.5 Å². The van der Waals surface area contributed by atoms with Gasteiger partial charge in [-0.25, -0.2) is 38.7 Å². The van der Waals surface area contributed by atoms with Crippen LogP contribution < -0.4 is 10.6 Å². The molecule has 18 nitrogen and oxygen atoms in total. The highest BCUT2D eigenvalue weighted by atomic mass is 32.7. The predicted octanol–water partition coefficient (Wildman–Crippen LogP) is 2.45. The number of rotatable bonds is 14.